The predicted molar refractivity (Wildman–Crippen MR) is 54.0 cm³/mol. The van der Waals surface area contributed by atoms with Gasteiger partial charge < -0.3 is 9.90 Å². The molecule has 0 unspecified atom stereocenters. The van der Waals surface area contributed by atoms with Gasteiger partial charge in [0.2, 0.25) is 0 Å². The van der Waals surface area contributed by atoms with Crippen LogP contribution in [0.15, 0.2) is 24.3 Å². The van der Waals surface area contributed by atoms with Crippen molar-refractivity contribution in [3.8, 4) is 0 Å². The van der Waals surface area contributed by atoms with Gasteiger partial charge in [-0.3, -0.25) is 0 Å². The molecule has 0 radical (unpaired) electrons. The van der Waals surface area contributed by atoms with Gasteiger partial charge in [0.1, 0.15) is 0 Å². The van der Waals surface area contributed by atoms with Crippen molar-refractivity contribution < 1.29 is 39.5 Å². The summed E-state index contributed by atoms with van der Waals surface area (Å²) in [4.78, 5) is 10.7. The smallest absolute Gasteiger partial charge is 0.545 e. The number of unbranched alkanes of at least 4 members (excludes halogenated alkanes) is 2. The zero-order valence-electron chi connectivity index (χ0n) is 9.45. The molecule has 0 aliphatic rings. The summed E-state index contributed by atoms with van der Waals surface area (Å²) in [6, 6.07) is 7.07. The van der Waals surface area contributed by atoms with Gasteiger partial charge >= 0.3 is 29.6 Å². The second-order valence-corrected chi connectivity index (χ2v) is 3.40. The fraction of sp³-hybridized carbons (Fsp3) is 0.417. The van der Waals surface area contributed by atoms with Crippen LogP contribution in [0.3, 0.4) is 0 Å². The summed E-state index contributed by atoms with van der Waals surface area (Å²) in [6.45, 7) is 2.13. The number of benzene rings is 1. The maximum Gasteiger partial charge on any atom is 1.00 e. The van der Waals surface area contributed by atoms with Crippen LogP contribution in [-0.4, -0.2) is 5.97 Å². The molecule has 0 aromatic heterocycles. The first kappa shape index (κ1) is 14.7. The van der Waals surface area contributed by atoms with Gasteiger partial charge in [0.25, 0.3) is 0 Å². The fourth-order valence-electron chi connectivity index (χ4n) is 1.50. The number of carboxylic acid groups (broad SMARTS) is 1. The maximum atomic E-state index is 10.7. The summed E-state index contributed by atoms with van der Waals surface area (Å²) in [5.41, 5.74) is 1.23. The van der Waals surface area contributed by atoms with Crippen molar-refractivity contribution in [3.05, 3.63) is 35.4 Å². The van der Waals surface area contributed by atoms with Crippen LogP contribution in [0.5, 0.6) is 0 Å². The molecule has 0 amide bonds. The average Bonchev–Trinajstić information content (AvgIpc) is 2.19. The molecule has 0 aliphatic heterocycles. The van der Waals surface area contributed by atoms with Crippen molar-refractivity contribution in [1.82, 2.24) is 0 Å². The molecular weight excluding hydrogens is 199 g/mol. The number of hydrogen-bond acceptors (Lipinski definition) is 2. The molecule has 1 aromatic rings. The Kier molecular flexibility index (Phi) is 7.75. The van der Waals surface area contributed by atoms with Gasteiger partial charge in [-0.25, -0.2) is 0 Å². The topological polar surface area (TPSA) is 40.1 Å². The molecule has 0 spiro atoms. The molecule has 3 heteroatoms. The normalized spacial score (nSPS) is 9.40. The zero-order valence-corrected chi connectivity index (χ0v) is 11.5. The van der Waals surface area contributed by atoms with Crippen molar-refractivity contribution in [2.45, 2.75) is 32.6 Å². The SMILES string of the molecule is CCCCCc1ccccc1C(=O)[O-].[Na+]. The average molecular weight is 214 g/mol. The van der Waals surface area contributed by atoms with E-state index in [4.69, 9.17) is 0 Å². The number of aryl methyl sites for hydroxylation is 1. The second-order valence-electron chi connectivity index (χ2n) is 3.40. The van der Waals surface area contributed by atoms with Crippen molar-refractivity contribution in [2.75, 3.05) is 0 Å². The van der Waals surface area contributed by atoms with Crippen LogP contribution in [0.1, 0.15) is 42.1 Å². The molecule has 0 atom stereocenters. The predicted octanol–water partition coefficient (Wildman–Crippen LogP) is -1.21. The molecule has 0 aliphatic carbocycles. The Bertz CT molecular complexity index is 310. The van der Waals surface area contributed by atoms with Crippen molar-refractivity contribution in [1.29, 1.82) is 0 Å². The molecule has 1 rings (SSSR count). The van der Waals surface area contributed by atoms with Gasteiger partial charge in [-0.15, -0.1) is 0 Å². The minimum Gasteiger partial charge on any atom is -0.545 e. The summed E-state index contributed by atoms with van der Waals surface area (Å²) in [7, 11) is 0. The zero-order chi connectivity index (χ0) is 10.4. The number of carboxylic acids is 1. The Morgan fingerprint density at radius 3 is 2.53 bits per heavy atom. The largest absolute Gasteiger partial charge is 1.00 e. The van der Waals surface area contributed by atoms with Gasteiger partial charge in [0, 0.05) is 5.56 Å². The first-order chi connectivity index (χ1) is 6.75. The number of hydrogen-bond donors (Lipinski definition) is 0. The first-order valence-electron chi connectivity index (χ1n) is 5.05. The molecule has 0 saturated heterocycles. The standard InChI is InChI=1S/C12H16O2.Na/c1-2-3-4-7-10-8-5-6-9-11(10)12(13)14;/h5-6,8-9H,2-4,7H2,1H3,(H,13,14);/q;+1/p-1. The Morgan fingerprint density at radius 1 is 1.27 bits per heavy atom. The van der Waals surface area contributed by atoms with E-state index in [2.05, 4.69) is 6.92 Å². The van der Waals surface area contributed by atoms with E-state index >= 15 is 0 Å². The van der Waals surface area contributed by atoms with E-state index in [-0.39, 0.29) is 29.6 Å². The molecule has 0 heterocycles. The Labute approximate surface area is 113 Å². The first-order valence-corrected chi connectivity index (χ1v) is 5.05. The summed E-state index contributed by atoms with van der Waals surface area (Å²) in [6.07, 6.45) is 4.16. The number of carbonyl (C=O) groups excluding carboxylic acids is 1. The summed E-state index contributed by atoms with van der Waals surface area (Å²) < 4.78 is 0. The third-order valence-corrected chi connectivity index (χ3v) is 2.29. The van der Waals surface area contributed by atoms with Gasteiger partial charge in [0.05, 0.1) is 5.97 Å². The number of rotatable bonds is 5. The van der Waals surface area contributed by atoms with Crippen molar-refractivity contribution >= 4 is 5.97 Å². The van der Waals surface area contributed by atoms with Crippen LogP contribution in [-0.2, 0) is 6.42 Å². The van der Waals surface area contributed by atoms with Crippen LogP contribution in [0.2, 0.25) is 0 Å². The number of carbonyl (C=O) groups is 1. The second kappa shape index (κ2) is 7.91. The monoisotopic (exact) mass is 214 g/mol. The van der Waals surface area contributed by atoms with Crippen LogP contribution in [0, 0.1) is 0 Å². The fourth-order valence-corrected chi connectivity index (χ4v) is 1.50. The molecular formula is C12H15NaO2. The minimum absolute atomic E-state index is 0. The van der Waals surface area contributed by atoms with E-state index in [9.17, 15) is 9.90 Å². The summed E-state index contributed by atoms with van der Waals surface area (Å²) in [5.74, 6) is -1.07. The molecule has 0 bridgehead atoms. The van der Waals surface area contributed by atoms with Gasteiger partial charge in [0.15, 0.2) is 0 Å². The summed E-state index contributed by atoms with van der Waals surface area (Å²) >= 11 is 0. The Hall–Kier alpha value is -0.310. The van der Waals surface area contributed by atoms with E-state index in [1.807, 2.05) is 12.1 Å². The van der Waals surface area contributed by atoms with E-state index in [0.29, 0.717) is 5.56 Å². The molecule has 76 valence electrons. The van der Waals surface area contributed by atoms with Gasteiger partial charge in [-0.2, -0.15) is 0 Å². The van der Waals surface area contributed by atoms with E-state index in [0.717, 1.165) is 31.2 Å². The van der Waals surface area contributed by atoms with E-state index in [1.54, 1.807) is 12.1 Å². The quantitative estimate of drug-likeness (QED) is 0.455. The van der Waals surface area contributed by atoms with E-state index < -0.39 is 5.97 Å². The molecule has 15 heavy (non-hydrogen) atoms. The van der Waals surface area contributed by atoms with E-state index in [1.165, 1.54) is 0 Å². The minimum atomic E-state index is -1.07. The molecule has 2 nitrogen and oxygen atoms in total. The maximum absolute atomic E-state index is 10.7. The van der Waals surface area contributed by atoms with Gasteiger partial charge in [-0.05, 0) is 18.4 Å². The van der Waals surface area contributed by atoms with Crippen molar-refractivity contribution in [3.63, 3.8) is 0 Å². The third-order valence-electron chi connectivity index (χ3n) is 2.29. The molecule has 0 saturated carbocycles. The third kappa shape index (κ3) is 4.83. The molecule has 1 aromatic carbocycles. The Balaban J connectivity index is 0.00000196. The van der Waals surface area contributed by atoms with Gasteiger partial charge in [-0.1, -0.05) is 44.0 Å². The van der Waals surface area contributed by atoms with Crippen molar-refractivity contribution in [2.24, 2.45) is 0 Å². The van der Waals surface area contributed by atoms with Crippen LogP contribution in [0.4, 0.5) is 0 Å². The van der Waals surface area contributed by atoms with Crippen LogP contribution >= 0.6 is 0 Å². The molecule has 0 fully saturated rings. The number of aromatic carboxylic acids is 1. The van der Waals surface area contributed by atoms with Crippen LogP contribution < -0.4 is 34.7 Å². The van der Waals surface area contributed by atoms with Crippen LogP contribution in [0.25, 0.3) is 0 Å². The summed E-state index contributed by atoms with van der Waals surface area (Å²) in [5, 5.41) is 10.7. The Morgan fingerprint density at radius 2 is 1.93 bits per heavy atom. The molecule has 0 N–H and O–H groups in total.